The van der Waals surface area contributed by atoms with Crippen LogP contribution < -0.4 is 4.90 Å². The van der Waals surface area contributed by atoms with Crippen LogP contribution in [0.3, 0.4) is 0 Å². The molecule has 2 aromatic heterocycles. The van der Waals surface area contributed by atoms with Gasteiger partial charge in [-0.3, -0.25) is 9.78 Å². The predicted octanol–water partition coefficient (Wildman–Crippen LogP) is 2.52. The van der Waals surface area contributed by atoms with Gasteiger partial charge in [0.25, 0.3) is 0 Å². The molecule has 1 aliphatic rings. The second-order valence-corrected chi connectivity index (χ2v) is 7.25. The van der Waals surface area contributed by atoms with Crippen molar-refractivity contribution in [1.29, 1.82) is 0 Å². The summed E-state index contributed by atoms with van der Waals surface area (Å²) in [6.07, 6.45) is 6.67. The highest BCUT2D eigenvalue weighted by Crippen LogP contribution is 2.20. The number of rotatable bonds is 5. The van der Waals surface area contributed by atoms with Gasteiger partial charge in [0.05, 0.1) is 17.6 Å². The van der Waals surface area contributed by atoms with Gasteiger partial charge in [-0.05, 0) is 36.4 Å². The fourth-order valence-corrected chi connectivity index (χ4v) is 3.76. The number of carbonyl (C=O) groups excluding carboxylic acids is 1. The predicted molar refractivity (Wildman–Crippen MR) is 103 cm³/mol. The first-order chi connectivity index (χ1) is 12.2. The average molecular weight is 357 g/mol. The molecule has 5 nitrogen and oxygen atoms in total. The zero-order valence-corrected chi connectivity index (χ0v) is 15.2. The van der Waals surface area contributed by atoms with E-state index in [0.717, 1.165) is 42.4 Å². The van der Waals surface area contributed by atoms with Crippen molar-refractivity contribution in [3.63, 3.8) is 0 Å². The highest BCUT2D eigenvalue weighted by molar-refractivity contribution is 7.12. The fourth-order valence-electron chi connectivity index (χ4n) is 2.86. The van der Waals surface area contributed by atoms with Gasteiger partial charge in [0.1, 0.15) is 0 Å². The molecular formula is C19H23N3O2S. The molecule has 1 saturated heterocycles. The van der Waals surface area contributed by atoms with Gasteiger partial charge in [0.2, 0.25) is 5.91 Å². The first-order valence-corrected chi connectivity index (χ1v) is 9.31. The molecule has 0 aromatic carbocycles. The van der Waals surface area contributed by atoms with Crippen molar-refractivity contribution in [3.05, 3.63) is 45.9 Å². The minimum absolute atomic E-state index is 0.147. The van der Waals surface area contributed by atoms with Gasteiger partial charge < -0.3 is 14.9 Å². The maximum Gasteiger partial charge on any atom is 0.219 e. The lowest BCUT2D eigenvalue weighted by atomic mass is 10.2. The number of aliphatic hydroxyl groups is 1. The molecule has 25 heavy (non-hydrogen) atoms. The van der Waals surface area contributed by atoms with Crippen molar-refractivity contribution in [2.75, 3.05) is 37.7 Å². The van der Waals surface area contributed by atoms with Crippen LogP contribution in [-0.2, 0) is 11.2 Å². The number of hydrogen-bond donors (Lipinski definition) is 1. The Morgan fingerprint density at radius 2 is 2.00 bits per heavy atom. The van der Waals surface area contributed by atoms with Gasteiger partial charge in [0, 0.05) is 55.9 Å². The van der Waals surface area contributed by atoms with Gasteiger partial charge in [-0.15, -0.1) is 11.3 Å². The Labute approximate surface area is 152 Å². The van der Waals surface area contributed by atoms with Crippen molar-refractivity contribution in [2.24, 2.45) is 0 Å². The van der Waals surface area contributed by atoms with Crippen molar-refractivity contribution in [2.45, 2.75) is 13.3 Å². The minimum Gasteiger partial charge on any atom is -0.396 e. The Balaban J connectivity index is 1.58. The molecule has 0 unspecified atom stereocenters. The largest absolute Gasteiger partial charge is 0.396 e. The number of carbonyl (C=O) groups is 1. The molecule has 1 N–H and O–H groups in total. The standard InChI is InChI=1S/C19H23N3O2S/c1-15(24)21-9-11-22(12-10-21)17-4-2-16(20-14-17)3-5-18-6-7-19(25-18)8-13-23/h2-7,14,23H,8-13H2,1H3. The van der Waals surface area contributed by atoms with Crippen LogP contribution in [0.25, 0.3) is 12.2 Å². The summed E-state index contributed by atoms with van der Waals surface area (Å²) < 4.78 is 0. The van der Waals surface area contributed by atoms with E-state index in [1.54, 1.807) is 18.3 Å². The summed E-state index contributed by atoms with van der Waals surface area (Å²) in [6, 6.07) is 8.22. The lowest BCUT2D eigenvalue weighted by molar-refractivity contribution is -0.129. The third kappa shape index (κ3) is 4.67. The summed E-state index contributed by atoms with van der Waals surface area (Å²) >= 11 is 1.69. The SMILES string of the molecule is CC(=O)N1CCN(c2ccc(C=Cc3ccc(CCO)s3)nc2)CC1. The van der Waals surface area contributed by atoms with Crippen LogP contribution in [0.2, 0.25) is 0 Å². The van der Waals surface area contributed by atoms with Crippen LogP contribution in [0, 0.1) is 0 Å². The molecule has 0 saturated carbocycles. The minimum atomic E-state index is 0.147. The molecule has 1 amide bonds. The zero-order chi connectivity index (χ0) is 17.6. The molecule has 3 rings (SSSR count). The number of piperazine rings is 1. The molecular weight excluding hydrogens is 334 g/mol. The summed E-state index contributed by atoms with van der Waals surface area (Å²) in [5, 5.41) is 8.97. The first kappa shape index (κ1) is 17.6. The highest BCUT2D eigenvalue weighted by Gasteiger charge is 2.18. The number of amides is 1. The summed E-state index contributed by atoms with van der Waals surface area (Å²) in [4.78, 5) is 22.4. The van der Waals surface area contributed by atoms with E-state index in [0.29, 0.717) is 6.42 Å². The second kappa shape index (κ2) is 8.27. The average Bonchev–Trinajstić information content (AvgIpc) is 3.08. The summed E-state index contributed by atoms with van der Waals surface area (Å²) in [5.74, 6) is 0.147. The number of aromatic nitrogens is 1. The molecule has 6 heteroatoms. The Morgan fingerprint density at radius 1 is 1.20 bits per heavy atom. The molecule has 0 radical (unpaired) electrons. The second-order valence-electron chi connectivity index (χ2n) is 6.05. The number of thiophene rings is 1. The smallest absolute Gasteiger partial charge is 0.219 e. The topological polar surface area (TPSA) is 56.7 Å². The molecule has 3 heterocycles. The Bertz CT molecular complexity index is 731. The number of aliphatic hydroxyl groups excluding tert-OH is 1. The van der Waals surface area contributed by atoms with Crippen molar-refractivity contribution >= 4 is 35.1 Å². The number of nitrogens with zero attached hydrogens (tertiary/aromatic N) is 3. The summed E-state index contributed by atoms with van der Waals surface area (Å²) in [7, 11) is 0. The van der Waals surface area contributed by atoms with E-state index in [-0.39, 0.29) is 12.5 Å². The molecule has 0 bridgehead atoms. The van der Waals surface area contributed by atoms with Gasteiger partial charge >= 0.3 is 0 Å². The van der Waals surface area contributed by atoms with Crippen LogP contribution in [0.1, 0.15) is 22.4 Å². The molecule has 132 valence electrons. The molecule has 1 aliphatic heterocycles. The maximum atomic E-state index is 11.4. The van der Waals surface area contributed by atoms with E-state index in [1.807, 2.05) is 23.2 Å². The van der Waals surface area contributed by atoms with E-state index >= 15 is 0 Å². The van der Waals surface area contributed by atoms with Gasteiger partial charge in [-0.25, -0.2) is 0 Å². The number of pyridine rings is 1. The Kier molecular flexibility index (Phi) is 5.83. The number of hydrogen-bond acceptors (Lipinski definition) is 5. The van der Waals surface area contributed by atoms with Crippen LogP contribution in [0.4, 0.5) is 5.69 Å². The van der Waals surface area contributed by atoms with E-state index < -0.39 is 0 Å². The van der Waals surface area contributed by atoms with E-state index in [4.69, 9.17) is 5.11 Å². The van der Waals surface area contributed by atoms with Crippen molar-refractivity contribution in [1.82, 2.24) is 9.88 Å². The third-order valence-electron chi connectivity index (χ3n) is 4.32. The van der Waals surface area contributed by atoms with Crippen molar-refractivity contribution in [3.8, 4) is 0 Å². The molecule has 1 fully saturated rings. The van der Waals surface area contributed by atoms with Crippen molar-refractivity contribution < 1.29 is 9.90 Å². The molecule has 0 spiro atoms. The van der Waals surface area contributed by atoms with E-state index in [9.17, 15) is 4.79 Å². The van der Waals surface area contributed by atoms with E-state index in [2.05, 4.69) is 34.2 Å². The quantitative estimate of drug-likeness (QED) is 0.893. The normalized spacial score (nSPS) is 15.1. The highest BCUT2D eigenvalue weighted by atomic mass is 32.1. The monoisotopic (exact) mass is 357 g/mol. The lowest BCUT2D eigenvalue weighted by Crippen LogP contribution is -2.48. The third-order valence-corrected chi connectivity index (χ3v) is 5.43. The zero-order valence-electron chi connectivity index (χ0n) is 14.4. The first-order valence-electron chi connectivity index (χ1n) is 8.50. The van der Waals surface area contributed by atoms with Crippen LogP contribution in [0.15, 0.2) is 30.5 Å². The Hall–Kier alpha value is -2.18. The molecule has 0 aliphatic carbocycles. The van der Waals surface area contributed by atoms with Crippen LogP contribution >= 0.6 is 11.3 Å². The summed E-state index contributed by atoms with van der Waals surface area (Å²) in [6.45, 7) is 5.04. The fraction of sp³-hybridized carbons (Fsp3) is 0.368. The van der Waals surface area contributed by atoms with Gasteiger partial charge in [-0.1, -0.05) is 0 Å². The van der Waals surface area contributed by atoms with E-state index in [1.165, 1.54) is 4.88 Å². The van der Waals surface area contributed by atoms with Gasteiger partial charge in [0.15, 0.2) is 0 Å². The van der Waals surface area contributed by atoms with Gasteiger partial charge in [-0.2, -0.15) is 0 Å². The number of anilines is 1. The summed E-state index contributed by atoms with van der Waals surface area (Å²) in [5.41, 5.74) is 2.02. The lowest BCUT2D eigenvalue weighted by Gasteiger charge is -2.35. The Morgan fingerprint density at radius 3 is 2.64 bits per heavy atom. The molecule has 2 aromatic rings. The van der Waals surface area contributed by atoms with Crippen LogP contribution in [-0.4, -0.2) is 53.7 Å². The van der Waals surface area contributed by atoms with Crippen LogP contribution in [0.5, 0.6) is 0 Å². The molecule has 0 atom stereocenters. The maximum absolute atomic E-state index is 11.4.